The Morgan fingerprint density at radius 2 is 2.09 bits per heavy atom. The summed E-state index contributed by atoms with van der Waals surface area (Å²) in [5, 5.41) is 13.5. The molecule has 1 aromatic heterocycles. The van der Waals surface area contributed by atoms with E-state index >= 15 is 0 Å². The van der Waals surface area contributed by atoms with Gasteiger partial charge in [-0.05, 0) is 35.4 Å². The summed E-state index contributed by atoms with van der Waals surface area (Å²) in [4.78, 5) is 26.0. The first-order valence-corrected chi connectivity index (χ1v) is 7.44. The number of anilines is 1. The van der Waals surface area contributed by atoms with Crippen LogP contribution in [0.4, 0.5) is 5.69 Å². The van der Waals surface area contributed by atoms with Gasteiger partial charge in [0.15, 0.2) is 0 Å². The Morgan fingerprint density at radius 3 is 2.74 bits per heavy atom. The van der Waals surface area contributed by atoms with Crippen LogP contribution in [0.15, 0.2) is 30.6 Å². The summed E-state index contributed by atoms with van der Waals surface area (Å²) in [6.45, 7) is 4.40. The van der Waals surface area contributed by atoms with E-state index in [-0.39, 0.29) is 24.9 Å². The molecule has 0 saturated heterocycles. The maximum atomic E-state index is 12.3. The Labute approximate surface area is 134 Å². The first kappa shape index (κ1) is 16.6. The highest BCUT2D eigenvalue weighted by atomic mass is 16.2. The van der Waals surface area contributed by atoms with Gasteiger partial charge >= 0.3 is 0 Å². The molecule has 0 unspecified atom stereocenters. The molecule has 8 nitrogen and oxygen atoms in total. The van der Waals surface area contributed by atoms with Crippen LogP contribution in [-0.4, -0.2) is 50.0 Å². The van der Waals surface area contributed by atoms with E-state index in [4.69, 9.17) is 0 Å². The summed E-state index contributed by atoms with van der Waals surface area (Å²) in [5.41, 5.74) is 1.73. The largest absolute Gasteiger partial charge is 0.332 e. The zero-order valence-electron chi connectivity index (χ0n) is 13.3. The topological polar surface area (TPSA) is 93.0 Å². The lowest BCUT2D eigenvalue weighted by Gasteiger charge is -2.21. The summed E-state index contributed by atoms with van der Waals surface area (Å²) in [6.07, 6.45) is 2.13. The standard InChI is InChI=1S/C15H20N6O2/c1-3-8-20(15(23)10-21-11-16-18-19-21)9-14(22)17-13-7-5-4-6-12(13)2/h4-7,11H,3,8-10H2,1-2H3,(H,17,22). The van der Waals surface area contributed by atoms with E-state index < -0.39 is 0 Å². The molecule has 2 aromatic rings. The number of hydrogen-bond acceptors (Lipinski definition) is 5. The third-order valence-corrected chi connectivity index (χ3v) is 3.29. The average molecular weight is 316 g/mol. The Bertz CT molecular complexity index is 656. The highest BCUT2D eigenvalue weighted by molar-refractivity contribution is 5.95. The fourth-order valence-electron chi connectivity index (χ4n) is 2.13. The Balaban J connectivity index is 1.96. The van der Waals surface area contributed by atoms with Crippen molar-refractivity contribution in [1.82, 2.24) is 25.1 Å². The minimum absolute atomic E-state index is 0.00311. The third-order valence-electron chi connectivity index (χ3n) is 3.29. The molecule has 0 atom stereocenters. The minimum atomic E-state index is -0.224. The number of nitrogens with zero attached hydrogens (tertiary/aromatic N) is 5. The van der Waals surface area contributed by atoms with Crippen LogP contribution in [0.25, 0.3) is 0 Å². The van der Waals surface area contributed by atoms with Crippen LogP contribution in [0.5, 0.6) is 0 Å². The molecule has 0 bridgehead atoms. The van der Waals surface area contributed by atoms with E-state index in [0.29, 0.717) is 6.54 Å². The average Bonchev–Trinajstić information content (AvgIpc) is 3.02. The predicted molar refractivity (Wildman–Crippen MR) is 84.5 cm³/mol. The van der Waals surface area contributed by atoms with Crippen molar-refractivity contribution < 1.29 is 9.59 Å². The van der Waals surface area contributed by atoms with E-state index in [0.717, 1.165) is 17.7 Å². The summed E-state index contributed by atoms with van der Waals surface area (Å²) in [7, 11) is 0. The monoisotopic (exact) mass is 316 g/mol. The van der Waals surface area contributed by atoms with Gasteiger partial charge in [-0.1, -0.05) is 25.1 Å². The van der Waals surface area contributed by atoms with Crippen LogP contribution in [0.2, 0.25) is 0 Å². The van der Waals surface area contributed by atoms with Gasteiger partial charge in [0.25, 0.3) is 0 Å². The fourth-order valence-corrected chi connectivity index (χ4v) is 2.13. The number of tetrazole rings is 1. The molecule has 2 rings (SSSR count). The number of benzene rings is 1. The van der Waals surface area contributed by atoms with Gasteiger partial charge in [0, 0.05) is 12.2 Å². The smallest absolute Gasteiger partial charge is 0.244 e. The van der Waals surface area contributed by atoms with Crippen LogP contribution in [-0.2, 0) is 16.1 Å². The number of para-hydroxylation sites is 1. The SMILES string of the molecule is CCCN(CC(=O)Nc1ccccc1C)C(=O)Cn1cnnn1. The molecule has 8 heteroatoms. The van der Waals surface area contributed by atoms with Crippen molar-refractivity contribution in [1.29, 1.82) is 0 Å². The molecule has 0 aliphatic heterocycles. The Kier molecular flexibility index (Phi) is 5.79. The molecule has 0 aliphatic carbocycles. The number of carbonyl (C=O) groups is 2. The highest BCUT2D eigenvalue weighted by Crippen LogP contribution is 2.13. The highest BCUT2D eigenvalue weighted by Gasteiger charge is 2.17. The molecule has 1 aromatic carbocycles. The van der Waals surface area contributed by atoms with Crippen molar-refractivity contribution in [3.05, 3.63) is 36.2 Å². The fraction of sp³-hybridized carbons (Fsp3) is 0.400. The third kappa shape index (κ3) is 4.87. The Hall–Kier alpha value is -2.77. The first-order valence-electron chi connectivity index (χ1n) is 7.44. The number of amides is 2. The lowest BCUT2D eigenvalue weighted by molar-refractivity contribution is -0.135. The maximum absolute atomic E-state index is 12.3. The van der Waals surface area contributed by atoms with Crippen molar-refractivity contribution in [2.45, 2.75) is 26.8 Å². The van der Waals surface area contributed by atoms with Crippen LogP contribution >= 0.6 is 0 Å². The molecular weight excluding hydrogens is 296 g/mol. The molecule has 122 valence electrons. The second-order valence-corrected chi connectivity index (χ2v) is 5.19. The normalized spacial score (nSPS) is 10.3. The molecule has 0 saturated carbocycles. The summed E-state index contributed by atoms with van der Waals surface area (Å²) < 4.78 is 1.34. The van der Waals surface area contributed by atoms with E-state index in [9.17, 15) is 9.59 Å². The minimum Gasteiger partial charge on any atom is -0.332 e. The van der Waals surface area contributed by atoms with Gasteiger partial charge in [-0.3, -0.25) is 9.59 Å². The van der Waals surface area contributed by atoms with E-state index in [1.165, 1.54) is 15.9 Å². The van der Waals surface area contributed by atoms with Crippen molar-refractivity contribution >= 4 is 17.5 Å². The summed E-state index contributed by atoms with van der Waals surface area (Å²) in [6, 6.07) is 7.52. The molecule has 1 heterocycles. The van der Waals surface area contributed by atoms with E-state index in [1.54, 1.807) is 0 Å². The van der Waals surface area contributed by atoms with Gasteiger partial charge in [-0.2, -0.15) is 0 Å². The van der Waals surface area contributed by atoms with Crippen LogP contribution in [0.1, 0.15) is 18.9 Å². The van der Waals surface area contributed by atoms with E-state index in [1.807, 2.05) is 38.1 Å². The number of aryl methyl sites for hydroxylation is 1. The number of aromatic nitrogens is 4. The second-order valence-electron chi connectivity index (χ2n) is 5.19. The summed E-state index contributed by atoms with van der Waals surface area (Å²) >= 11 is 0. The van der Waals surface area contributed by atoms with E-state index in [2.05, 4.69) is 20.8 Å². The van der Waals surface area contributed by atoms with Crippen molar-refractivity contribution in [3.8, 4) is 0 Å². The zero-order valence-corrected chi connectivity index (χ0v) is 13.3. The van der Waals surface area contributed by atoms with Crippen molar-refractivity contribution in [3.63, 3.8) is 0 Å². The lowest BCUT2D eigenvalue weighted by atomic mass is 10.2. The van der Waals surface area contributed by atoms with Gasteiger partial charge < -0.3 is 10.2 Å². The maximum Gasteiger partial charge on any atom is 0.244 e. The van der Waals surface area contributed by atoms with Gasteiger partial charge in [-0.15, -0.1) is 5.10 Å². The molecule has 23 heavy (non-hydrogen) atoms. The molecular formula is C15H20N6O2. The number of hydrogen-bond donors (Lipinski definition) is 1. The lowest BCUT2D eigenvalue weighted by Crippen LogP contribution is -2.40. The molecule has 0 fully saturated rings. The molecule has 1 N–H and O–H groups in total. The summed E-state index contributed by atoms with van der Waals surface area (Å²) in [5.74, 6) is -0.420. The first-order chi connectivity index (χ1) is 11.1. The quantitative estimate of drug-likeness (QED) is 0.817. The van der Waals surface area contributed by atoms with Crippen molar-refractivity contribution in [2.24, 2.45) is 0 Å². The second kappa shape index (κ2) is 8.02. The molecule has 0 aliphatic rings. The van der Waals surface area contributed by atoms with Crippen LogP contribution < -0.4 is 5.32 Å². The van der Waals surface area contributed by atoms with Crippen LogP contribution in [0, 0.1) is 6.92 Å². The van der Waals surface area contributed by atoms with Gasteiger partial charge in [0.1, 0.15) is 12.9 Å². The zero-order chi connectivity index (χ0) is 16.7. The number of nitrogens with one attached hydrogen (secondary N) is 1. The number of rotatable bonds is 7. The molecule has 0 spiro atoms. The molecule has 0 radical (unpaired) electrons. The molecule has 2 amide bonds. The number of carbonyl (C=O) groups excluding carboxylic acids is 2. The van der Waals surface area contributed by atoms with Gasteiger partial charge in [0.05, 0.1) is 6.54 Å². The van der Waals surface area contributed by atoms with Gasteiger partial charge in [0.2, 0.25) is 11.8 Å². The van der Waals surface area contributed by atoms with Gasteiger partial charge in [-0.25, -0.2) is 4.68 Å². The predicted octanol–water partition coefficient (Wildman–Crippen LogP) is 0.859. The van der Waals surface area contributed by atoms with Crippen LogP contribution in [0.3, 0.4) is 0 Å². The van der Waals surface area contributed by atoms with Crippen molar-refractivity contribution in [2.75, 3.05) is 18.4 Å². The Morgan fingerprint density at radius 1 is 1.30 bits per heavy atom.